The number of allylic oxidation sites excluding steroid dienone is 2. The SMILES string of the molecule is CO/C(=C/C=C/c1cc2cc(Cl)c(Cl)cc2[nH]1)C(=O)O. The number of H-pyrrole nitrogens is 1. The Balaban J connectivity index is 2.28. The van der Waals surface area contributed by atoms with Gasteiger partial charge < -0.3 is 14.8 Å². The number of hydrogen-bond acceptors (Lipinski definition) is 2. The Labute approximate surface area is 125 Å². The number of halogens is 2. The number of hydrogen-bond donors (Lipinski definition) is 2. The van der Waals surface area contributed by atoms with Gasteiger partial charge in [0.1, 0.15) is 0 Å². The summed E-state index contributed by atoms with van der Waals surface area (Å²) >= 11 is 11.9. The van der Waals surface area contributed by atoms with E-state index in [4.69, 9.17) is 33.0 Å². The van der Waals surface area contributed by atoms with E-state index >= 15 is 0 Å². The molecular weight excluding hydrogens is 301 g/mol. The zero-order valence-electron chi connectivity index (χ0n) is 10.5. The van der Waals surface area contributed by atoms with E-state index in [1.165, 1.54) is 13.2 Å². The van der Waals surface area contributed by atoms with Crippen LogP contribution < -0.4 is 0 Å². The summed E-state index contributed by atoms with van der Waals surface area (Å²) in [7, 11) is 1.31. The molecule has 20 heavy (non-hydrogen) atoms. The van der Waals surface area contributed by atoms with Crippen molar-refractivity contribution in [3.8, 4) is 0 Å². The molecule has 0 unspecified atom stereocenters. The van der Waals surface area contributed by atoms with Crippen molar-refractivity contribution in [2.45, 2.75) is 0 Å². The van der Waals surface area contributed by atoms with Crippen LogP contribution in [-0.2, 0) is 9.53 Å². The number of carboxylic acid groups (broad SMARTS) is 1. The quantitative estimate of drug-likeness (QED) is 0.507. The second kappa shape index (κ2) is 6.03. The highest BCUT2D eigenvalue weighted by Gasteiger charge is 2.05. The van der Waals surface area contributed by atoms with Gasteiger partial charge in [-0.3, -0.25) is 0 Å². The van der Waals surface area contributed by atoms with Crippen LogP contribution in [0.1, 0.15) is 5.69 Å². The molecule has 1 aromatic heterocycles. The Kier molecular flexibility index (Phi) is 4.37. The number of ether oxygens (including phenoxy) is 1. The molecule has 0 radical (unpaired) electrons. The van der Waals surface area contributed by atoms with Gasteiger partial charge in [-0.1, -0.05) is 29.3 Å². The van der Waals surface area contributed by atoms with Crippen LogP contribution >= 0.6 is 23.2 Å². The van der Waals surface area contributed by atoms with Crippen LogP contribution in [-0.4, -0.2) is 23.2 Å². The molecule has 1 aromatic carbocycles. The minimum Gasteiger partial charge on any atom is -0.490 e. The van der Waals surface area contributed by atoms with Gasteiger partial charge in [-0.05, 0) is 30.4 Å². The zero-order chi connectivity index (χ0) is 14.7. The molecule has 0 saturated carbocycles. The summed E-state index contributed by atoms with van der Waals surface area (Å²) < 4.78 is 4.71. The standard InChI is InChI=1S/C14H11Cl2NO3/c1-20-13(14(18)19)4-2-3-9-5-8-6-10(15)11(16)7-12(8)17-9/h2-7,17H,1H3,(H,18,19)/b3-2+,13-4+. The van der Waals surface area contributed by atoms with Gasteiger partial charge in [-0.15, -0.1) is 0 Å². The van der Waals surface area contributed by atoms with Crippen molar-refractivity contribution in [3.63, 3.8) is 0 Å². The number of fused-ring (bicyclic) bond motifs is 1. The molecule has 6 heteroatoms. The molecule has 104 valence electrons. The lowest BCUT2D eigenvalue weighted by Crippen LogP contribution is -2.01. The van der Waals surface area contributed by atoms with Crippen LogP contribution in [0.15, 0.2) is 36.1 Å². The van der Waals surface area contributed by atoms with Gasteiger partial charge in [0.15, 0.2) is 0 Å². The van der Waals surface area contributed by atoms with Crippen molar-refractivity contribution in [2.24, 2.45) is 0 Å². The first-order valence-corrected chi connectivity index (χ1v) is 6.40. The fourth-order valence-electron chi connectivity index (χ4n) is 1.70. The average Bonchev–Trinajstić information content (AvgIpc) is 2.76. The molecule has 0 aliphatic carbocycles. The summed E-state index contributed by atoms with van der Waals surface area (Å²) in [5.74, 6) is -1.25. The first kappa shape index (κ1) is 14.5. The minimum absolute atomic E-state index is 0.136. The molecule has 1 heterocycles. The fourth-order valence-corrected chi connectivity index (χ4v) is 2.04. The molecule has 0 bridgehead atoms. The normalized spacial score (nSPS) is 12.2. The van der Waals surface area contributed by atoms with E-state index in [-0.39, 0.29) is 5.76 Å². The zero-order valence-corrected chi connectivity index (χ0v) is 12.0. The maximum absolute atomic E-state index is 10.7. The van der Waals surface area contributed by atoms with Crippen LogP contribution in [0.25, 0.3) is 17.0 Å². The molecule has 0 fully saturated rings. The number of nitrogens with one attached hydrogen (secondary N) is 1. The highest BCUT2D eigenvalue weighted by atomic mass is 35.5. The Hall–Kier alpha value is -1.91. The van der Waals surface area contributed by atoms with Gasteiger partial charge in [0.05, 0.1) is 17.2 Å². The predicted octanol–water partition coefficient (Wildman–Crippen LogP) is 4.10. The Morgan fingerprint density at radius 3 is 2.65 bits per heavy atom. The fraction of sp³-hybridized carbons (Fsp3) is 0.0714. The third-order valence-electron chi connectivity index (χ3n) is 2.64. The molecule has 0 amide bonds. The second-order valence-corrected chi connectivity index (χ2v) is 4.79. The molecule has 0 aliphatic rings. The van der Waals surface area contributed by atoms with Gasteiger partial charge in [-0.25, -0.2) is 4.79 Å². The first-order valence-electron chi connectivity index (χ1n) is 5.64. The van der Waals surface area contributed by atoms with Crippen LogP contribution in [0.5, 0.6) is 0 Å². The highest BCUT2D eigenvalue weighted by Crippen LogP contribution is 2.28. The summed E-state index contributed by atoms with van der Waals surface area (Å²) in [6.07, 6.45) is 4.68. The monoisotopic (exact) mass is 311 g/mol. The first-order chi connectivity index (χ1) is 9.51. The Morgan fingerprint density at radius 2 is 2.00 bits per heavy atom. The molecule has 0 spiro atoms. The topological polar surface area (TPSA) is 62.3 Å². The molecule has 2 aromatic rings. The van der Waals surface area contributed by atoms with Gasteiger partial charge in [0.2, 0.25) is 5.76 Å². The summed E-state index contributed by atoms with van der Waals surface area (Å²) in [6, 6.07) is 5.39. The van der Waals surface area contributed by atoms with Crippen LogP contribution in [0, 0.1) is 0 Å². The van der Waals surface area contributed by atoms with E-state index in [1.807, 2.05) is 6.07 Å². The van der Waals surface area contributed by atoms with Gasteiger partial charge in [0.25, 0.3) is 0 Å². The number of benzene rings is 1. The Morgan fingerprint density at radius 1 is 1.30 bits per heavy atom. The maximum Gasteiger partial charge on any atom is 0.371 e. The van der Waals surface area contributed by atoms with E-state index in [2.05, 4.69) is 4.98 Å². The van der Waals surface area contributed by atoms with Crippen LogP contribution in [0.4, 0.5) is 0 Å². The number of aromatic nitrogens is 1. The summed E-state index contributed by atoms with van der Waals surface area (Å²) in [4.78, 5) is 13.9. The number of aromatic amines is 1. The van der Waals surface area contributed by atoms with E-state index in [9.17, 15) is 4.79 Å². The number of carbonyl (C=O) groups is 1. The van der Waals surface area contributed by atoms with Crippen molar-refractivity contribution in [2.75, 3.05) is 7.11 Å². The van der Waals surface area contributed by atoms with Crippen molar-refractivity contribution < 1.29 is 14.6 Å². The van der Waals surface area contributed by atoms with Crippen molar-refractivity contribution >= 4 is 46.2 Å². The van der Waals surface area contributed by atoms with Gasteiger partial charge in [-0.2, -0.15) is 0 Å². The minimum atomic E-state index is -1.12. The van der Waals surface area contributed by atoms with Gasteiger partial charge in [0, 0.05) is 16.6 Å². The Bertz CT molecular complexity index is 678. The largest absolute Gasteiger partial charge is 0.490 e. The predicted molar refractivity (Wildman–Crippen MR) is 80.1 cm³/mol. The summed E-state index contributed by atoms with van der Waals surface area (Å²) in [6.45, 7) is 0. The third-order valence-corrected chi connectivity index (χ3v) is 3.36. The van der Waals surface area contributed by atoms with Crippen molar-refractivity contribution in [1.29, 1.82) is 0 Å². The van der Waals surface area contributed by atoms with Gasteiger partial charge >= 0.3 is 5.97 Å². The van der Waals surface area contributed by atoms with E-state index in [1.54, 1.807) is 24.3 Å². The van der Waals surface area contributed by atoms with Crippen LogP contribution in [0.2, 0.25) is 10.0 Å². The lowest BCUT2D eigenvalue weighted by Gasteiger charge is -1.96. The molecule has 2 N–H and O–H groups in total. The number of aliphatic carboxylic acids is 1. The molecule has 0 atom stereocenters. The van der Waals surface area contributed by atoms with Crippen molar-refractivity contribution in [3.05, 3.63) is 51.8 Å². The lowest BCUT2D eigenvalue weighted by molar-refractivity contribution is -0.136. The second-order valence-electron chi connectivity index (χ2n) is 3.98. The maximum atomic E-state index is 10.7. The summed E-state index contributed by atoms with van der Waals surface area (Å²) in [5.41, 5.74) is 1.66. The smallest absolute Gasteiger partial charge is 0.371 e. The summed E-state index contributed by atoms with van der Waals surface area (Å²) in [5, 5.41) is 10.7. The van der Waals surface area contributed by atoms with Crippen molar-refractivity contribution in [1.82, 2.24) is 4.98 Å². The lowest BCUT2D eigenvalue weighted by atomic mass is 10.2. The molecule has 0 aliphatic heterocycles. The number of methoxy groups -OCH3 is 1. The molecular formula is C14H11Cl2NO3. The van der Waals surface area contributed by atoms with E-state index in [0.717, 1.165) is 16.6 Å². The number of carboxylic acids is 1. The van der Waals surface area contributed by atoms with E-state index < -0.39 is 5.97 Å². The number of rotatable bonds is 4. The van der Waals surface area contributed by atoms with Crippen LogP contribution in [0.3, 0.4) is 0 Å². The highest BCUT2D eigenvalue weighted by molar-refractivity contribution is 6.42. The molecule has 2 rings (SSSR count). The van der Waals surface area contributed by atoms with E-state index in [0.29, 0.717) is 10.0 Å². The molecule has 0 saturated heterocycles. The average molecular weight is 312 g/mol. The third kappa shape index (κ3) is 3.15. The molecule has 4 nitrogen and oxygen atoms in total.